The van der Waals surface area contributed by atoms with E-state index >= 15 is 0 Å². The second-order valence-corrected chi connectivity index (χ2v) is 25.7. The number of carbonyl (C=O) groups is 1. The molecule has 0 unspecified atom stereocenters. The van der Waals surface area contributed by atoms with Gasteiger partial charge in [-0.1, -0.05) is 79.5 Å². The molecule has 1 saturated heterocycles. The van der Waals surface area contributed by atoms with Gasteiger partial charge in [-0.15, -0.1) is 0 Å². The summed E-state index contributed by atoms with van der Waals surface area (Å²) in [5.74, 6) is 1.42. The first-order valence-electron chi connectivity index (χ1n) is 17.2. The molecule has 0 amide bonds. The Bertz CT molecular complexity index is 1070. The minimum atomic E-state index is -2.18. The van der Waals surface area contributed by atoms with Gasteiger partial charge in [0.2, 0.25) is 0 Å². The zero-order valence-electron chi connectivity index (χ0n) is 31.0. The lowest BCUT2D eigenvalue weighted by Crippen LogP contribution is -2.54. The van der Waals surface area contributed by atoms with Crippen molar-refractivity contribution in [3.05, 3.63) is 41.5 Å². The van der Waals surface area contributed by atoms with E-state index in [1.165, 1.54) is 0 Å². The van der Waals surface area contributed by atoms with E-state index in [2.05, 4.69) is 87.7 Å². The Kier molecular flexibility index (Phi) is 15.2. The molecule has 0 bridgehead atoms. The molecule has 0 aromatic heterocycles. The van der Waals surface area contributed by atoms with Crippen molar-refractivity contribution in [2.75, 3.05) is 20.3 Å². The number of benzene rings is 1. The number of unbranched alkanes of at least 4 members (excludes halogenated alkanes) is 2. The molecular weight excluding hydrogens is 597 g/mol. The quantitative estimate of drug-likeness (QED) is 0.0940. The second kappa shape index (κ2) is 17.2. The van der Waals surface area contributed by atoms with Crippen molar-refractivity contribution in [2.24, 2.45) is 5.92 Å². The summed E-state index contributed by atoms with van der Waals surface area (Å²) in [6, 6.07) is 8.03. The summed E-state index contributed by atoms with van der Waals surface area (Å²) in [6.07, 6.45) is 6.79. The lowest BCUT2D eigenvalue weighted by atomic mass is 9.91. The maximum absolute atomic E-state index is 13.7. The van der Waals surface area contributed by atoms with Crippen molar-refractivity contribution in [1.29, 1.82) is 0 Å². The van der Waals surface area contributed by atoms with Gasteiger partial charge in [-0.2, -0.15) is 0 Å². The molecule has 1 aromatic carbocycles. The first-order valence-corrected chi connectivity index (χ1v) is 23.0. The van der Waals surface area contributed by atoms with Crippen LogP contribution in [0, 0.1) is 5.92 Å². The Balaban J connectivity index is 1.97. The third kappa shape index (κ3) is 12.7. The Labute approximate surface area is 278 Å². The lowest BCUT2D eigenvalue weighted by Gasteiger charge is -2.44. The van der Waals surface area contributed by atoms with E-state index in [1.807, 2.05) is 24.3 Å². The summed E-state index contributed by atoms with van der Waals surface area (Å²) in [7, 11) is -2.36. The molecule has 1 fully saturated rings. The van der Waals surface area contributed by atoms with E-state index in [9.17, 15) is 4.79 Å². The molecule has 0 radical (unpaired) electrons. The normalized spacial score (nSPS) is 21.2. The van der Waals surface area contributed by atoms with E-state index in [-0.39, 0.29) is 28.1 Å². The summed E-state index contributed by atoms with van der Waals surface area (Å²) < 4.78 is 31.1. The van der Waals surface area contributed by atoms with Crippen LogP contribution in [0.15, 0.2) is 35.9 Å². The number of hydrogen-bond acceptors (Lipinski definition) is 6. The van der Waals surface area contributed by atoms with Crippen LogP contribution < -0.4 is 4.74 Å². The van der Waals surface area contributed by atoms with Crippen molar-refractivity contribution >= 4 is 22.4 Å². The third-order valence-corrected chi connectivity index (χ3v) is 19.2. The second-order valence-electron chi connectivity index (χ2n) is 16.2. The predicted octanol–water partition coefficient (Wildman–Crippen LogP) is 9.88. The van der Waals surface area contributed by atoms with Gasteiger partial charge < -0.3 is 23.1 Å². The van der Waals surface area contributed by atoms with Gasteiger partial charge in [0.05, 0.1) is 19.8 Å². The molecule has 0 N–H and O–H groups in total. The highest BCUT2D eigenvalue weighted by Crippen LogP contribution is 2.40. The van der Waals surface area contributed by atoms with Crippen LogP contribution in [-0.2, 0) is 29.7 Å². The molecule has 8 heteroatoms. The van der Waals surface area contributed by atoms with E-state index in [0.717, 1.165) is 55.6 Å². The average Bonchev–Trinajstić information content (AvgIpc) is 2.92. The first kappa shape index (κ1) is 39.9. The zero-order chi connectivity index (χ0) is 34.1. The standard InChI is InChI=1S/C37H66O6Si2/c1-28(17-15-14-16-23-40-27-30-18-20-31(39-9)21-19-30)25-29(2)34-35(43-45(12,13)37(6,7)8)33(38)26-32(42-34)22-24-41-44(10,11)36(3,4)5/h18-21,25,28,32,34-35H,14-17,22-24,26-27H2,1-13H3/b29-25+/t28-,32+,34+,35-/m1/s1. The number of methoxy groups -OCH3 is 1. The molecule has 0 saturated carbocycles. The molecule has 0 aliphatic carbocycles. The van der Waals surface area contributed by atoms with Crippen LogP contribution in [0.3, 0.4) is 0 Å². The molecule has 6 nitrogen and oxygen atoms in total. The molecule has 45 heavy (non-hydrogen) atoms. The van der Waals surface area contributed by atoms with E-state index in [1.54, 1.807) is 7.11 Å². The first-order chi connectivity index (χ1) is 20.8. The van der Waals surface area contributed by atoms with Crippen molar-refractivity contribution in [1.82, 2.24) is 0 Å². The van der Waals surface area contributed by atoms with Gasteiger partial charge in [0, 0.05) is 19.6 Å². The van der Waals surface area contributed by atoms with E-state index in [4.69, 9.17) is 23.1 Å². The third-order valence-electron chi connectivity index (χ3n) is 10.2. The summed E-state index contributed by atoms with van der Waals surface area (Å²) in [5, 5.41) is 0.162. The Morgan fingerprint density at radius 1 is 0.956 bits per heavy atom. The maximum Gasteiger partial charge on any atom is 0.193 e. The zero-order valence-corrected chi connectivity index (χ0v) is 33.0. The van der Waals surface area contributed by atoms with Crippen LogP contribution in [0.5, 0.6) is 5.75 Å². The van der Waals surface area contributed by atoms with Gasteiger partial charge in [0.25, 0.3) is 0 Å². The number of carbonyl (C=O) groups excluding carboxylic acids is 1. The molecule has 1 aliphatic rings. The fourth-order valence-electron chi connectivity index (χ4n) is 5.02. The number of rotatable bonds is 17. The van der Waals surface area contributed by atoms with Gasteiger partial charge in [0.1, 0.15) is 18.0 Å². The van der Waals surface area contributed by atoms with Crippen LogP contribution in [0.25, 0.3) is 0 Å². The summed E-state index contributed by atoms with van der Waals surface area (Å²) >= 11 is 0. The fourth-order valence-corrected chi connectivity index (χ4v) is 7.33. The van der Waals surface area contributed by atoms with Gasteiger partial charge in [0.15, 0.2) is 22.4 Å². The Hall–Kier alpha value is -1.30. The fraction of sp³-hybridized carbons (Fsp3) is 0.757. The van der Waals surface area contributed by atoms with Crippen molar-refractivity contribution in [3.8, 4) is 5.75 Å². The largest absolute Gasteiger partial charge is 0.497 e. The maximum atomic E-state index is 13.7. The lowest BCUT2D eigenvalue weighted by molar-refractivity contribution is -0.151. The molecular formula is C37H66O6Si2. The number of hydrogen-bond donors (Lipinski definition) is 0. The monoisotopic (exact) mass is 662 g/mol. The van der Waals surface area contributed by atoms with Crippen molar-refractivity contribution in [3.63, 3.8) is 0 Å². The Morgan fingerprint density at radius 3 is 2.16 bits per heavy atom. The average molecular weight is 663 g/mol. The number of allylic oxidation sites excluding steroid dienone is 1. The molecule has 4 atom stereocenters. The van der Waals surface area contributed by atoms with Crippen LogP contribution in [0.2, 0.25) is 36.3 Å². The number of Topliss-reactive ketones (excluding diaryl/α,β-unsaturated/α-hetero) is 1. The molecule has 2 rings (SSSR count). The molecule has 1 aliphatic heterocycles. The molecule has 1 heterocycles. The van der Waals surface area contributed by atoms with E-state index < -0.39 is 22.7 Å². The van der Waals surface area contributed by atoms with Crippen LogP contribution in [0.4, 0.5) is 0 Å². The number of ether oxygens (including phenoxy) is 3. The summed E-state index contributed by atoms with van der Waals surface area (Å²) in [4.78, 5) is 13.7. The SMILES string of the molecule is COc1ccc(COCCCCC[C@@H](C)/C=C(\C)[C@@H]2O[C@@H](CCO[Si](C)(C)C(C)(C)C)CC(=O)[C@H]2O[Si](C)(C)C(C)(C)C)cc1. The number of ketones is 1. The highest BCUT2D eigenvalue weighted by molar-refractivity contribution is 6.74. The van der Waals surface area contributed by atoms with Gasteiger partial charge in [-0.05, 0) is 91.6 Å². The topological polar surface area (TPSA) is 63.2 Å². The molecule has 1 aromatic rings. The van der Waals surface area contributed by atoms with Gasteiger partial charge >= 0.3 is 0 Å². The summed E-state index contributed by atoms with van der Waals surface area (Å²) in [5.41, 5.74) is 2.27. The van der Waals surface area contributed by atoms with Crippen LogP contribution in [-0.4, -0.2) is 61.1 Å². The highest BCUT2D eigenvalue weighted by atomic mass is 28.4. The van der Waals surface area contributed by atoms with Crippen LogP contribution >= 0.6 is 0 Å². The Morgan fingerprint density at radius 2 is 1.58 bits per heavy atom. The minimum Gasteiger partial charge on any atom is -0.497 e. The van der Waals surface area contributed by atoms with Crippen LogP contribution in [0.1, 0.15) is 99.5 Å². The molecule has 0 spiro atoms. The summed E-state index contributed by atoms with van der Waals surface area (Å²) in [6.45, 7) is 28.8. The predicted molar refractivity (Wildman–Crippen MR) is 192 cm³/mol. The minimum absolute atomic E-state index is 0.00888. The smallest absolute Gasteiger partial charge is 0.193 e. The molecule has 258 valence electrons. The highest BCUT2D eigenvalue weighted by Gasteiger charge is 2.46. The van der Waals surface area contributed by atoms with Gasteiger partial charge in [-0.25, -0.2) is 0 Å². The van der Waals surface area contributed by atoms with Crippen molar-refractivity contribution < 1.29 is 27.9 Å². The van der Waals surface area contributed by atoms with E-state index in [0.29, 0.717) is 25.6 Å². The van der Waals surface area contributed by atoms with Gasteiger partial charge in [-0.3, -0.25) is 4.79 Å². The van der Waals surface area contributed by atoms with Crippen molar-refractivity contribution in [2.45, 2.75) is 155 Å².